The van der Waals surface area contributed by atoms with Crippen molar-refractivity contribution in [2.45, 2.75) is 31.2 Å². The average molecular weight is 443 g/mol. The number of anilines is 1. The molecular formula is C23H23ClN2O3S. The minimum atomic E-state index is -3.77. The van der Waals surface area contributed by atoms with E-state index in [2.05, 4.69) is 10.0 Å². The van der Waals surface area contributed by atoms with Crippen LogP contribution in [0.25, 0.3) is 0 Å². The Balaban J connectivity index is 1.84. The van der Waals surface area contributed by atoms with Gasteiger partial charge >= 0.3 is 0 Å². The predicted molar refractivity (Wildman–Crippen MR) is 120 cm³/mol. The highest BCUT2D eigenvalue weighted by atomic mass is 35.5. The molecule has 0 radical (unpaired) electrons. The molecular weight excluding hydrogens is 420 g/mol. The van der Waals surface area contributed by atoms with Gasteiger partial charge in [-0.1, -0.05) is 61.0 Å². The largest absolute Gasteiger partial charge is 0.345 e. The van der Waals surface area contributed by atoms with Crippen LogP contribution < -0.4 is 10.0 Å². The van der Waals surface area contributed by atoms with E-state index in [4.69, 9.17) is 11.6 Å². The lowest BCUT2D eigenvalue weighted by molar-refractivity contribution is 0.0935. The molecule has 1 atom stereocenters. The average Bonchev–Trinajstić information content (AvgIpc) is 2.74. The van der Waals surface area contributed by atoms with Gasteiger partial charge in [-0.15, -0.1) is 0 Å². The summed E-state index contributed by atoms with van der Waals surface area (Å²) in [5.41, 5.74) is 2.58. The molecule has 156 valence electrons. The van der Waals surface area contributed by atoms with Gasteiger partial charge in [-0.05, 0) is 54.8 Å². The molecule has 7 heteroatoms. The molecule has 0 heterocycles. The summed E-state index contributed by atoms with van der Waals surface area (Å²) in [5.74, 6) is -0.365. The topological polar surface area (TPSA) is 75.3 Å². The van der Waals surface area contributed by atoms with Gasteiger partial charge in [0.2, 0.25) is 0 Å². The van der Waals surface area contributed by atoms with Gasteiger partial charge in [-0.25, -0.2) is 8.42 Å². The second kappa shape index (κ2) is 9.32. The number of hydrogen-bond donors (Lipinski definition) is 2. The summed E-state index contributed by atoms with van der Waals surface area (Å²) in [7, 11) is -3.77. The van der Waals surface area contributed by atoms with Crippen molar-refractivity contribution in [1.29, 1.82) is 0 Å². The summed E-state index contributed by atoms with van der Waals surface area (Å²) in [6.07, 6.45) is 0.703. The van der Waals surface area contributed by atoms with E-state index in [1.54, 1.807) is 18.2 Å². The van der Waals surface area contributed by atoms with Gasteiger partial charge in [-0.3, -0.25) is 9.52 Å². The van der Waals surface area contributed by atoms with Crippen LogP contribution in [0, 0.1) is 6.92 Å². The van der Waals surface area contributed by atoms with E-state index in [-0.39, 0.29) is 33.1 Å². The highest BCUT2D eigenvalue weighted by Crippen LogP contribution is 2.25. The van der Waals surface area contributed by atoms with Crippen LogP contribution in [0.1, 0.15) is 40.9 Å². The highest BCUT2D eigenvalue weighted by molar-refractivity contribution is 7.92. The lowest BCUT2D eigenvalue weighted by Crippen LogP contribution is -2.29. The van der Waals surface area contributed by atoms with Crippen LogP contribution >= 0.6 is 11.6 Å². The molecule has 0 saturated heterocycles. The van der Waals surface area contributed by atoms with E-state index in [9.17, 15) is 13.2 Å². The van der Waals surface area contributed by atoms with Crippen LogP contribution in [0.3, 0.4) is 0 Å². The van der Waals surface area contributed by atoms with Gasteiger partial charge < -0.3 is 5.32 Å². The normalized spacial score (nSPS) is 12.2. The van der Waals surface area contributed by atoms with Crippen molar-refractivity contribution in [2.24, 2.45) is 0 Å². The van der Waals surface area contributed by atoms with Crippen molar-refractivity contribution >= 4 is 33.2 Å². The third-order valence-corrected chi connectivity index (χ3v) is 6.52. The SMILES string of the molecule is CC[C@H](NC(=O)c1cc(NS(=O)(=O)c2ccccc2)ccc1Cl)c1ccccc1C. The Morgan fingerprint density at radius 1 is 1.00 bits per heavy atom. The molecule has 0 bridgehead atoms. The van der Waals surface area contributed by atoms with Gasteiger partial charge in [0.15, 0.2) is 0 Å². The van der Waals surface area contributed by atoms with Crippen LogP contribution in [0.15, 0.2) is 77.7 Å². The van der Waals surface area contributed by atoms with Crippen molar-refractivity contribution in [3.8, 4) is 0 Å². The maximum atomic E-state index is 12.9. The minimum absolute atomic E-state index is 0.136. The van der Waals surface area contributed by atoms with Crippen molar-refractivity contribution in [2.75, 3.05) is 4.72 Å². The number of amides is 1. The standard InChI is InChI=1S/C23H23ClN2O3S/c1-3-22(19-12-8-7-9-16(19)2)25-23(27)20-15-17(13-14-21(20)24)26-30(28,29)18-10-5-4-6-11-18/h4-15,22,26H,3H2,1-2H3,(H,25,27)/t22-/m0/s1. The number of carbonyl (C=O) groups excluding carboxylic acids is 1. The molecule has 0 saturated carbocycles. The van der Waals surface area contributed by atoms with Gasteiger partial charge in [0.05, 0.1) is 21.5 Å². The van der Waals surface area contributed by atoms with Gasteiger partial charge in [-0.2, -0.15) is 0 Å². The number of nitrogens with one attached hydrogen (secondary N) is 2. The molecule has 0 fully saturated rings. The number of aryl methyl sites for hydroxylation is 1. The Morgan fingerprint density at radius 2 is 1.67 bits per heavy atom. The first kappa shape index (κ1) is 21.9. The zero-order chi connectivity index (χ0) is 21.7. The Kier molecular flexibility index (Phi) is 6.80. The smallest absolute Gasteiger partial charge is 0.261 e. The minimum Gasteiger partial charge on any atom is -0.345 e. The number of rotatable bonds is 7. The fourth-order valence-corrected chi connectivity index (χ4v) is 4.46. The number of halogens is 1. The summed E-state index contributed by atoms with van der Waals surface area (Å²) in [5, 5.41) is 3.25. The predicted octanol–water partition coefficient (Wildman–Crippen LogP) is 5.33. The number of hydrogen-bond acceptors (Lipinski definition) is 3. The monoisotopic (exact) mass is 442 g/mol. The van der Waals surface area contributed by atoms with Crippen LogP contribution in [0.5, 0.6) is 0 Å². The van der Waals surface area contributed by atoms with Crippen LogP contribution in [-0.4, -0.2) is 14.3 Å². The Hall–Kier alpha value is -2.83. The summed E-state index contributed by atoms with van der Waals surface area (Å²) in [6.45, 7) is 3.99. The molecule has 30 heavy (non-hydrogen) atoms. The molecule has 0 aromatic heterocycles. The first-order valence-electron chi connectivity index (χ1n) is 9.55. The molecule has 1 amide bonds. The third kappa shape index (κ3) is 5.01. The molecule has 3 aromatic rings. The van der Waals surface area contributed by atoms with Crippen LogP contribution in [0.4, 0.5) is 5.69 Å². The highest BCUT2D eigenvalue weighted by Gasteiger charge is 2.19. The lowest BCUT2D eigenvalue weighted by atomic mass is 9.99. The van der Waals surface area contributed by atoms with E-state index in [0.717, 1.165) is 11.1 Å². The quantitative estimate of drug-likeness (QED) is 0.519. The van der Waals surface area contributed by atoms with E-state index in [1.165, 1.54) is 30.3 Å². The van der Waals surface area contributed by atoms with E-state index < -0.39 is 10.0 Å². The molecule has 0 spiro atoms. The summed E-state index contributed by atoms with van der Waals surface area (Å²) >= 11 is 6.25. The van der Waals surface area contributed by atoms with Gasteiger partial charge in [0.25, 0.3) is 15.9 Å². The van der Waals surface area contributed by atoms with Crippen LogP contribution in [0.2, 0.25) is 5.02 Å². The molecule has 2 N–H and O–H groups in total. The van der Waals surface area contributed by atoms with Crippen molar-refractivity contribution in [1.82, 2.24) is 5.32 Å². The van der Waals surface area contributed by atoms with Gasteiger partial charge in [0.1, 0.15) is 0 Å². The zero-order valence-electron chi connectivity index (χ0n) is 16.7. The molecule has 0 aliphatic heterocycles. The third-order valence-electron chi connectivity index (χ3n) is 4.79. The van der Waals surface area contributed by atoms with Gasteiger partial charge in [0, 0.05) is 5.69 Å². The number of benzene rings is 3. The van der Waals surface area contributed by atoms with Crippen molar-refractivity contribution in [3.05, 3.63) is 94.5 Å². The Morgan fingerprint density at radius 3 is 2.33 bits per heavy atom. The van der Waals surface area contributed by atoms with Crippen molar-refractivity contribution < 1.29 is 13.2 Å². The van der Waals surface area contributed by atoms with E-state index >= 15 is 0 Å². The summed E-state index contributed by atoms with van der Waals surface area (Å²) in [6, 6.07) is 20.2. The lowest BCUT2D eigenvalue weighted by Gasteiger charge is -2.20. The molecule has 3 aromatic carbocycles. The Labute approximate surface area is 182 Å². The second-order valence-corrected chi connectivity index (χ2v) is 8.99. The number of sulfonamides is 1. The van der Waals surface area contributed by atoms with Crippen molar-refractivity contribution in [3.63, 3.8) is 0 Å². The first-order valence-corrected chi connectivity index (χ1v) is 11.4. The van der Waals surface area contributed by atoms with E-state index in [1.807, 2.05) is 38.1 Å². The maximum Gasteiger partial charge on any atom is 0.261 e. The number of carbonyl (C=O) groups is 1. The van der Waals surface area contributed by atoms with Crippen LogP contribution in [-0.2, 0) is 10.0 Å². The summed E-state index contributed by atoms with van der Waals surface area (Å²) in [4.78, 5) is 13.1. The molecule has 3 rings (SSSR count). The summed E-state index contributed by atoms with van der Waals surface area (Å²) < 4.78 is 27.6. The molecule has 0 unspecified atom stereocenters. The van der Waals surface area contributed by atoms with E-state index in [0.29, 0.717) is 6.42 Å². The molecule has 5 nitrogen and oxygen atoms in total. The molecule has 0 aliphatic rings. The zero-order valence-corrected chi connectivity index (χ0v) is 18.3. The maximum absolute atomic E-state index is 12.9. The fourth-order valence-electron chi connectivity index (χ4n) is 3.19. The Bertz CT molecular complexity index is 1150. The second-order valence-electron chi connectivity index (χ2n) is 6.90. The molecule has 0 aliphatic carbocycles. The first-order chi connectivity index (χ1) is 14.3. The fraction of sp³-hybridized carbons (Fsp3) is 0.174.